The van der Waals surface area contributed by atoms with Crippen LogP contribution in [0.15, 0.2) is 18.5 Å². The molecule has 0 aromatic carbocycles. The fourth-order valence-corrected chi connectivity index (χ4v) is 1.65. The average molecular weight is 259 g/mol. The number of pyridine rings is 1. The van der Waals surface area contributed by atoms with Crippen molar-refractivity contribution >= 4 is 39.3 Å². The second-order valence-electron chi connectivity index (χ2n) is 2.26. The normalized spacial score (nSPS) is 10.6. The van der Waals surface area contributed by atoms with E-state index in [4.69, 9.17) is 5.73 Å². The highest BCUT2D eigenvalue weighted by Gasteiger charge is 2.02. The minimum absolute atomic E-state index is 0.561. The Hall–Kier alpha value is -0.780. The molecule has 3 nitrogen and oxygen atoms in total. The van der Waals surface area contributed by atoms with Gasteiger partial charge in [-0.2, -0.15) is 0 Å². The van der Waals surface area contributed by atoms with Crippen LogP contribution in [-0.2, 0) is 0 Å². The minimum atomic E-state index is 0.561. The van der Waals surface area contributed by atoms with Crippen LogP contribution in [0.2, 0.25) is 0 Å². The lowest BCUT2D eigenvalue weighted by atomic mass is 10.3. The van der Waals surface area contributed by atoms with Gasteiger partial charge in [-0.25, -0.2) is 4.98 Å². The molecule has 0 aliphatic heterocycles. The van der Waals surface area contributed by atoms with Crippen molar-refractivity contribution in [2.24, 2.45) is 0 Å². The Morgan fingerprint density at radius 1 is 1.55 bits per heavy atom. The lowest BCUT2D eigenvalue weighted by molar-refractivity contribution is 1.34. The van der Waals surface area contributed by atoms with Crippen molar-refractivity contribution in [3.05, 3.63) is 22.0 Å². The third kappa shape index (κ3) is 0.973. The van der Waals surface area contributed by atoms with Crippen molar-refractivity contribution in [3.8, 4) is 0 Å². The molecule has 0 bridgehead atoms. The SMILES string of the molecule is Nc1nccc2c(I)c[nH]c12. The second-order valence-corrected chi connectivity index (χ2v) is 3.42. The first-order chi connectivity index (χ1) is 5.29. The molecule has 0 spiro atoms. The van der Waals surface area contributed by atoms with E-state index in [1.807, 2.05) is 12.3 Å². The summed E-state index contributed by atoms with van der Waals surface area (Å²) in [5.74, 6) is 0.561. The molecule has 11 heavy (non-hydrogen) atoms. The summed E-state index contributed by atoms with van der Waals surface area (Å²) in [6.45, 7) is 0. The van der Waals surface area contributed by atoms with Crippen LogP contribution in [0.3, 0.4) is 0 Å². The molecule has 0 unspecified atom stereocenters. The van der Waals surface area contributed by atoms with Gasteiger partial charge in [0.15, 0.2) is 0 Å². The summed E-state index contributed by atoms with van der Waals surface area (Å²) in [6, 6.07) is 1.95. The van der Waals surface area contributed by atoms with E-state index in [1.54, 1.807) is 6.20 Å². The van der Waals surface area contributed by atoms with Crippen LogP contribution < -0.4 is 5.73 Å². The predicted octanol–water partition coefficient (Wildman–Crippen LogP) is 1.75. The lowest BCUT2D eigenvalue weighted by Crippen LogP contribution is -1.89. The van der Waals surface area contributed by atoms with Crippen LogP contribution in [0.5, 0.6) is 0 Å². The van der Waals surface area contributed by atoms with E-state index in [9.17, 15) is 0 Å². The molecule has 2 heterocycles. The van der Waals surface area contributed by atoms with Gasteiger partial charge in [0.1, 0.15) is 5.82 Å². The lowest BCUT2D eigenvalue weighted by Gasteiger charge is -1.92. The Labute approximate surface area is 77.1 Å². The Morgan fingerprint density at radius 2 is 2.36 bits per heavy atom. The van der Waals surface area contributed by atoms with E-state index >= 15 is 0 Å². The molecule has 0 radical (unpaired) electrons. The van der Waals surface area contributed by atoms with Gasteiger partial charge in [-0.3, -0.25) is 0 Å². The van der Waals surface area contributed by atoms with E-state index in [-0.39, 0.29) is 0 Å². The molecule has 0 saturated carbocycles. The Morgan fingerprint density at radius 3 is 3.09 bits per heavy atom. The third-order valence-corrected chi connectivity index (χ3v) is 2.47. The molecular formula is C7H6IN3. The van der Waals surface area contributed by atoms with E-state index in [1.165, 1.54) is 3.57 Å². The molecule has 2 aromatic heterocycles. The number of anilines is 1. The van der Waals surface area contributed by atoms with E-state index < -0.39 is 0 Å². The van der Waals surface area contributed by atoms with Crippen molar-refractivity contribution in [2.75, 3.05) is 5.73 Å². The number of hydrogen-bond donors (Lipinski definition) is 2. The molecule has 2 rings (SSSR count). The molecule has 0 atom stereocenters. The van der Waals surface area contributed by atoms with Gasteiger partial charge in [0.05, 0.1) is 5.52 Å². The van der Waals surface area contributed by atoms with Crippen molar-refractivity contribution in [3.63, 3.8) is 0 Å². The number of H-pyrrole nitrogens is 1. The smallest absolute Gasteiger partial charge is 0.147 e. The molecule has 0 saturated heterocycles. The zero-order valence-electron chi connectivity index (χ0n) is 5.63. The molecule has 3 N–H and O–H groups in total. The van der Waals surface area contributed by atoms with Crippen LogP contribution in [0.4, 0.5) is 5.82 Å². The maximum Gasteiger partial charge on any atom is 0.147 e. The third-order valence-electron chi connectivity index (χ3n) is 1.58. The number of nitrogen functional groups attached to an aromatic ring is 1. The number of hydrogen-bond acceptors (Lipinski definition) is 2. The quantitative estimate of drug-likeness (QED) is 0.708. The zero-order chi connectivity index (χ0) is 7.84. The Bertz CT molecular complexity index is 393. The standard InChI is InChI=1S/C7H6IN3/c8-5-3-11-6-4(5)1-2-10-7(6)9/h1-3,11H,(H2,9,10). The summed E-state index contributed by atoms with van der Waals surface area (Å²) in [5, 5.41) is 1.14. The van der Waals surface area contributed by atoms with Gasteiger partial charge in [0.25, 0.3) is 0 Å². The van der Waals surface area contributed by atoms with Crippen LogP contribution in [0.25, 0.3) is 10.9 Å². The largest absolute Gasteiger partial charge is 0.382 e. The molecule has 0 fully saturated rings. The summed E-state index contributed by atoms with van der Waals surface area (Å²) < 4.78 is 1.17. The van der Waals surface area contributed by atoms with Crippen molar-refractivity contribution in [1.29, 1.82) is 0 Å². The highest BCUT2D eigenvalue weighted by Crippen LogP contribution is 2.22. The van der Waals surface area contributed by atoms with E-state index in [0.717, 1.165) is 10.9 Å². The highest BCUT2D eigenvalue weighted by molar-refractivity contribution is 14.1. The van der Waals surface area contributed by atoms with Crippen LogP contribution in [0.1, 0.15) is 0 Å². The number of halogens is 1. The van der Waals surface area contributed by atoms with Crippen molar-refractivity contribution in [1.82, 2.24) is 9.97 Å². The van der Waals surface area contributed by atoms with E-state index in [2.05, 4.69) is 32.6 Å². The number of nitrogens with zero attached hydrogens (tertiary/aromatic N) is 1. The molecule has 4 heteroatoms. The fraction of sp³-hybridized carbons (Fsp3) is 0. The first-order valence-corrected chi connectivity index (χ1v) is 4.24. The maximum absolute atomic E-state index is 5.62. The zero-order valence-corrected chi connectivity index (χ0v) is 7.79. The summed E-state index contributed by atoms with van der Waals surface area (Å²) >= 11 is 2.26. The summed E-state index contributed by atoms with van der Waals surface area (Å²) in [5.41, 5.74) is 6.55. The first kappa shape index (κ1) is 6.90. The predicted molar refractivity (Wildman–Crippen MR) is 53.2 cm³/mol. The summed E-state index contributed by atoms with van der Waals surface area (Å²) in [4.78, 5) is 7.02. The minimum Gasteiger partial charge on any atom is -0.382 e. The fourth-order valence-electron chi connectivity index (χ4n) is 1.04. The molecule has 56 valence electrons. The number of aromatic amines is 1. The van der Waals surface area contributed by atoms with Gasteiger partial charge in [-0.15, -0.1) is 0 Å². The van der Waals surface area contributed by atoms with Gasteiger partial charge in [-0.05, 0) is 28.7 Å². The molecule has 0 aliphatic carbocycles. The Kier molecular flexibility index (Phi) is 1.49. The number of fused-ring (bicyclic) bond motifs is 1. The number of nitrogens with two attached hydrogens (primary N) is 1. The first-order valence-electron chi connectivity index (χ1n) is 3.16. The van der Waals surface area contributed by atoms with Gasteiger partial charge >= 0.3 is 0 Å². The average Bonchev–Trinajstić information content (AvgIpc) is 2.35. The number of rotatable bonds is 0. The monoisotopic (exact) mass is 259 g/mol. The number of aromatic nitrogens is 2. The summed E-state index contributed by atoms with van der Waals surface area (Å²) in [7, 11) is 0. The van der Waals surface area contributed by atoms with Crippen LogP contribution in [-0.4, -0.2) is 9.97 Å². The van der Waals surface area contributed by atoms with Crippen LogP contribution in [0, 0.1) is 3.57 Å². The Balaban J connectivity index is 2.94. The topological polar surface area (TPSA) is 54.7 Å². The van der Waals surface area contributed by atoms with Gasteiger partial charge in [0.2, 0.25) is 0 Å². The highest BCUT2D eigenvalue weighted by atomic mass is 127. The second kappa shape index (κ2) is 2.37. The maximum atomic E-state index is 5.62. The summed E-state index contributed by atoms with van der Waals surface area (Å²) in [6.07, 6.45) is 3.64. The van der Waals surface area contributed by atoms with Crippen molar-refractivity contribution < 1.29 is 0 Å². The van der Waals surface area contributed by atoms with Crippen LogP contribution >= 0.6 is 22.6 Å². The van der Waals surface area contributed by atoms with Gasteiger partial charge in [-0.1, -0.05) is 0 Å². The molecule has 2 aromatic rings. The van der Waals surface area contributed by atoms with Crippen molar-refractivity contribution in [2.45, 2.75) is 0 Å². The molecule has 0 aliphatic rings. The number of nitrogens with one attached hydrogen (secondary N) is 1. The molecule has 0 amide bonds. The molecular weight excluding hydrogens is 253 g/mol. The van der Waals surface area contributed by atoms with E-state index in [0.29, 0.717) is 5.82 Å². The van der Waals surface area contributed by atoms with Gasteiger partial charge < -0.3 is 10.7 Å². The van der Waals surface area contributed by atoms with Gasteiger partial charge in [0, 0.05) is 21.4 Å².